The molecule has 1 aromatic heterocycles. The number of hydrogen-bond acceptors (Lipinski definition) is 2. The highest BCUT2D eigenvalue weighted by molar-refractivity contribution is 5.74. The molecule has 132 valence electrons. The van der Waals surface area contributed by atoms with E-state index in [0.717, 1.165) is 25.9 Å². The molecule has 0 saturated carbocycles. The average Bonchev–Trinajstić information content (AvgIpc) is 3.33. The molecule has 1 saturated heterocycles. The van der Waals surface area contributed by atoms with Gasteiger partial charge in [0.05, 0.1) is 6.20 Å². The van der Waals surface area contributed by atoms with Crippen molar-refractivity contribution in [1.82, 2.24) is 20.0 Å². The molecule has 1 aliphatic heterocycles. The number of nitrogens with one attached hydrogen (secondary N) is 1. The third-order valence-electron chi connectivity index (χ3n) is 5.46. The molecule has 1 aromatic carbocycles. The summed E-state index contributed by atoms with van der Waals surface area (Å²) in [5, 5.41) is 7.32. The predicted octanol–water partition coefficient (Wildman–Crippen LogP) is 2.68. The minimum Gasteiger partial charge on any atom is -0.334 e. The number of fused-ring (bicyclic) bond motifs is 1. The molecule has 1 atom stereocenters. The van der Waals surface area contributed by atoms with Gasteiger partial charge in [-0.3, -0.25) is 4.68 Å². The van der Waals surface area contributed by atoms with Crippen molar-refractivity contribution in [2.24, 2.45) is 13.0 Å². The van der Waals surface area contributed by atoms with Crippen molar-refractivity contribution in [3.63, 3.8) is 0 Å². The van der Waals surface area contributed by atoms with Gasteiger partial charge in [-0.2, -0.15) is 5.10 Å². The molecule has 0 spiro atoms. The summed E-state index contributed by atoms with van der Waals surface area (Å²) >= 11 is 0. The smallest absolute Gasteiger partial charge is 0.317 e. The summed E-state index contributed by atoms with van der Waals surface area (Å²) in [6.45, 7) is 2.31. The van der Waals surface area contributed by atoms with Crippen LogP contribution in [0.3, 0.4) is 0 Å². The SMILES string of the molecule is Cn1cc(C[C@H]2CCN(C(=O)NCc3ccc4c(c3)CCC4)C2)cn1. The lowest BCUT2D eigenvalue weighted by Gasteiger charge is -2.17. The fourth-order valence-electron chi connectivity index (χ4n) is 4.12. The van der Waals surface area contributed by atoms with Crippen LogP contribution in [0.5, 0.6) is 0 Å². The van der Waals surface area contributed by atoms with Gasteiger partial charge < -0.3 is 10.2 Å². The summed E-state index contributed by atoms with van der Waals surface area (Å²) < 4.78 is 1.84. The van der Waals surface area contributed by atoms with Gasteiger partial charge in [-0.25, -0.2) is 4.79 Å². The molecule has 0 radical (unpaired) electrons. The Bertz CT molecular complexity index is 767. The number of amides is 2. The van der Waals surface area contributed by atoms with Crippen LogP contribution in [0.4, 0.5) is 4.79 Å². The van der Waals surface area contributed by atoms with E-state index in [-0.39, 0.29) is 6.03 Å². The Labute approximate surface area is 149 Å². The van der Waals surface area contributed by atoms with E-state index in [1.165, 1.54) is 41.5 Å². The lowest BCUT2D eigenvalue weighted by atomic mass is 10.0. The summed E-state index contributed by atoms with van der Waals surface area (Å²) in [5.74, 6) is 0.537. The van der Waals surface area contributed by atoms with Gasteiger partial charge in [0.2, 0.25) is 0 Å². The molecule has 4 rings (SSSR count). The molecular formula is C20H26N4O. The average molecular weight is 338 g/mol. The number of aromatic nitrogens is 2. The highest BCUT2D eigenvalue weighted by atomic mass is 16.2. The molecule has 1 aliphatic carbocycles. The fourth-order valence-corrected chi connectivity index (χ4v) is 4.12. The summed E-state index contributed by atoms with van der Waals surface area (Å²) in [5.41, 5.74) is 5.41. The van der Waals surface area contributed by atoms with E-state index in [1.807, 2.05) is 22.8 Å². The lowest BCUT2D eigenvalue weighted by molar-refractivity contribution is 0.206. The number of aryl methyl sites for hydroxylation is 3. The second kappa shape index (κ2) is 6.90. The van der Waals surface area contributed by atoms with Crippen LogP contribution in [0.15, 0.2) is 30.6 Å². The first kappa shape index (κ1) is 16.2. The largest absolute Gasteiger partial charge is 0.334 e. The van der Waals surface area contributed by atoms with Crippen LogP contribution < -0.4 is 5.32 Å². The Hall–Kier alpha value is -2.30. The highest BCUT2D eigenvalue weighted by Crippen LogP contribution is 2.23. The fraction of sp³-hybridized carbons (Fsp3) is 0.500. The second-order valence-corrected chi connectivity index (χ2v) is 7.44. The zero-order valence-corrected chi connectivity index (χ0v) is 14.9. The van der Waals surface area contributed by atoms with Crippen LogP contribution in [0.1, 0.15) is 35.1 Å². The van der Waals surface area contributed by atoms with Crippen molar-refractivity contribution in [1.29, 1.82) is 0 Å². The van der Waals surface area contributed by atoms with Gasteiger partial charge in [0.25, 0.3) is 0 Å². The Morgan fingerprint density at radius 3 is 3.00 bits per heavy atom. The molecule has 0 bridgehead atoms. The normalized spacial score (nSPS) is 19.2. The highest BCUT2D eigenvalue weighted by Gasteiger charge is 2.26. The number of carbonyl (C=O) groups is 1. The van der Waals surface area contributed by atoms with E-state index in [9.17, 15) is 4.79 Å². The maximum absolute atomic E-state index is 12.5. The molecule has 2 heterocycles. The molecule has 2 aromatic rings. The van der Waals surface area contributed by atoms with Gasteiger partial charge in [-0.05, 0) is 60.3 Å². The predicted molar refractivity (Wildman–Crippen MR) is 97.3 cm³/mol. The zero-order chi connectivity index (χ0) is 17.2. The van der Waals surface area contributed by atoms with Crippen LogP contribution in [0, 0.1) is 5.92 Å². The maximum atomic E-state index is 12.5. The number of rotatable bonds is 4. The van der Waals surface area contributed by atoms with E-state index in [4.69, 9.17) is 0 Å². The Morgan fingerprint density at radius 1 is 1.28 bits per heavy atom. The minimum atomic E-state index is 0.0641. The number of urea groups is 1. The standard InChI is InChI=1S/C20H26N4O/c1-23-13-17(12-22-23)9-16-7-8-24(14-16)20(25)21-11-15-5-6-18-3-2-4-19(18)10-15/h5-6,10,12-13,16H,2-4,7-9,11,14H2,1H3,(H,21,25)/t16-/m1/s1. The summed E-state index contributed by atoms with van der Waals surface area (Å²) in [4.78, 5) is 14.4. The summed E-state index contributed by atoms with van der Waals surface area (Å²) in [6, 6.07) is 6.70. The molecule has 25 heavy (non-hydrogen) atoms. The van der Waals surface area contributed by atoms with Gasteiger partial charge in [0.1, 0.15) is 0 Å². The van der Waals surface area contributed by atoms with Crippen molar-refractivity contribution in [2.75, 3.05) is 13.1 Å². The van der Waals surface area contributed by atoms with Gasteiger partial charge in [0.15, 0.2) is 0 Å². The van der Waals surface area contributed by atoms with Crippen molar-refractivity contribution >= 4 is 6.03 Å². The van der Waals surface area contributed by atoms with Crippen molar-refractivity contribution < 1.29 is 4.79 Å². The van der Waals surface area contributed by atoms with Crippen LogP contribution in [0.25, 0.3) is 0 Å². The topological polar surface area (TPSA) is 50.2 Å². The van der Waals surface area contributed by atoms with Crippen molar-refractivity contribution in [3.05, 3.63) is 52.8 Å². The summed E-state index contributed by atoms with van der Waals surface area (Å²) in [6.07, 6.45) is 9.71. The van der Waals surface area contributed by atoms with Crippen molar-refractivity contribution in [3.8, 4) is 0 Å². The molecule has 1 N–H and O–H groups in total. The number of hydrogen-bond donors (Lipinski definition) is 1. The Morgan fingerprint density at radius 2 is 2.16 bits per heavy atom. The van der Waals surface area contributed by atoms with E-state index < -0.39 is 0 Å². The van der Waals surface area contributed by atoms with Gasteiger partial charge >= 0.3 is 6.03 Å². The number of carbonyl (C=O) groups excluding carboxylic acids is 1. The Balaban J connectivity index is 1.27. The molecule has 1 fully saturated rings. The van der Waals surface area contributed by atoms with Crippen LogP contribution in [-0.2, 0) is 32.9 Å². The van der Waals surface area contributed by atoms with Crippen LogP contribution in [0.2, 0.25) is 0 Å². The van der Waals surface area contributed by atoms with E-state index in [1.54, 1.807) is 0 Å². The molecule has 5 heteroatoms. The third kappa shape index (κ3) is 3.70. The second-order valence-electron chi connectivity index (χ2n) is 7.44. The number of nitrogens with zero attached hydrogens (tertiary/aromatic N) is 3. The number of benzene rings is 1. The zero-order valence-electron chi connectivity index (χ0n) is 14.9. The number of likely N-dealkylation sites (tertiary alicyclic amines) is 1. The lowest BCUT2D eigenvalue weighted by Crippen LogP contribution is -2.38. The molecule has 2 amide bonds. The quantitative estimate of drug-likeness (QED) is 0.932. The maximum Gasteiger partial charge on any atom is 0.317 e. The molecular weight excluding hydrogens is 312 g/mol. The van der Waals surface area contributed by atoms with Gasteiger partial charge in [-0.15, -0.1) is 0 Å². The first-order chi connectivity index (χ1) is 12.2. The molecule has 5 nitrogen and oxygen atoms in total. The van der Waals surface area contributed by atoms with E-state index in [0.29, 0.717) is 12.5 Å². The first-order valence-corrected chi connectivity index (χ1v) is 9.28. The molecule has 0 unspecified atom stereocenters. The first-order valence-electron chi connectivity index (χ1n) is 9.28. The van der Waals surface area contributed by atoms with Crippen LogP contribution in [-0.4, -0.2) is 33.8 Å². The third-order valence-corrected chi connectivity index (χ3v) is 5.46. The van der Waals surface area contributed by atoms with Crippen LogP contribution >= 0.6 is 0 Å². The van der Waals surface area contributed by atoms with E-state index >= 15 is 0 Å². The Kier molecular flexibility index (Phi) is 4.47. The van der Waals surface area contributed by atoms with Crippen molar-refractivity contribution in [2.45, 2.75) is 38.6 Å². The van der Waals surface area contributed by atoms with E-state index in [2.05, 4.69) is 34.8 Å². The molecule has 2 aliphatic rings. The van der Waals surface area contributed by atoms with Gasteiger partial charge in [0, 0.05) is 32.9 Å². The van der Waals surface area contributed by atoms with Gasteiger partial charge in [-0.1, -0.05) is 18.2 Å². The monoisotopic (exact) mass is 338 g/mol. The summed E-state index contributed by atoms with van der Waals surface area (Å²) in [7, 11) is 1.94. The minimum absolute atomic E-state index is 0.0641.